The van der Waals surface area contributed by atoms with Gasteiger partial charge in [0.05, 0.1) is 18.8 Å². The molecule has 1 N–H and O–H groups in total. The van der Waals surface area contributed by atoms with Gasteiger partial charge in [0.2, 0.25) is 0 Å². The Bertz CT molecular complexity index is 842. The highest BCUT2D eigenvalue weighted by atomic mass is 16.5. The third kappa shape index (κ3) is 6.74. The summed E-state index contributed by atoms with van der Waals surface area (Å²) in [6.07, 6.45) is 4.96. The largest absolute Gasteiger partial charge is 0.493 e. The highest BCUT2D eigenvalue weighted by Crippen LogP contribution is 2.39. The molecular formula is C25H38N2O4. The minimum Gasteiger partial charge on any atom is -0.493 e. The van der Waals surface area contributed by atoms with E-state index in [1.165, 1.54) is 0 Å². The number of unbranched alkanes of at least 4 members (excludes halogenated alkanes) is 2. The fourth-order valence-electron chi connectivity index (χ4n) is 3.33. The molecule has 6 heteroatoms. The number of carbonyl (C=O) groups is 1. The van der Waals surface area contributed by atoms with Gasteiger partial charge >= 0.3 is 0 Å². The van der Waals surface area contributed by atoms with E-state index < -0.39 is 0 Å². The number of nitrogens with one attached hydrogen (secondary N) is 1. The van der Waals surface area contributed by atoms with E-state index in [1.54, 1.807) is 0 Å². The Labute approximate surface area is 186 Å². The van der Waals surface area contributed by atoms with E-state index in [0.29, 0.717) is 48.4 Å². The Balaban J connectivity index is 2.53. The van der Waals surface area contributed by atoms with Crippen LogP contribution in [0.25, 0.3) is 11.3 Å². The van der Waals surface area contributed by atoms with Crippen LogP contribution in [-0.4, -0.2) is 30.8 Å². The highest BCUT2D eigenvalue weighted by Gasteiger charge is 2.24. The summed E-state index contributed by atoms with van der Waals surface area (Å²) in [5, 5.41) is 6.83. The molecule has 0 aliphatic rings. The molecule has 0 aliphatic heterocycles. The van der Waals surface area contributed by atoms with Crippen molar-refractivity contribution in [3.8, 4) is 22.8 Å². The zero-order valence-electron chi connectivity index (χ0n) is 20.0. The molecule has 0 fully saturated rings. The number of nitrogens with zero attached hydrogens (tertiary/aromatic N) is 1. The maximum absolute atomic E-state index is 12.3. The number of aromatic nitrogens is 1. The molecule has 1 amide bonds. The predicted octanol–water partition coefficient (Wildman–Crippen LogP) is 5.96. The zero-order chi connectivity index (χ0) is 22.8. The molecule has 2 rings (SSSR count). The fourth-order valence-corrected chi connectivity index (χ4v) is 3.33. The maximum atomic E-state index is 12.3. The first kappa shape index (κ1) is 24.8. The van der Waals surface area contributed by atoms with E-state index >= 15 is 0 Å². The van der Waals surface area contributed by atoms with E-state index in [-0.39, 0.29) is 5.91 Å². The standard InChI is InChI=1S/C25H38N2O4/c1-7-10-12-29-21-16-22(30-13-11-8-2)20(15-19(21)14-17(4)5)24-18(6)23(27-31-24)25(28)26-9-3/h15-17H,7-14H2,1-6H3,(H,26,28). The lowest BCUT2D eigenvalue weighted by molar-refractivity contribution is 0.0946. The number of rotatable bonds is 13. The van der Waals surface area contributed by atoms with Crippen molar-refractivity contribution >= 4 is 5.91 Å². The Morgan fingerprint density at radius 1 is 1.06 bits per heavy atom. The second-order valence-corrected chi connectivity index (χ2v) is 8.30. The zero-order valence-corrected chi connectivity index (χ0v) is 20.0. The van der Waals surface area contributed by atoms with E-state index in [1.807, 2.05) is 19.9 Å². The molecule has 1 heterocycles. The van der Waals surface area contributed by atoms with Gasteiger partial charge in [-0.1, -0.05) is 45.7 Å². The van der Waals surface area contributed by atoms with Crippen molar-refractivity contribution in [2.75, 3.05) is 19.8 Å². The molecule has 31 heavy (non-hydrogen) atoms. The van der Waals surface area contributed by atoms with Gasteiger partial charge in [-0.05, 0) is 50.7 Å². The molecule has 0 bridgehead atoms. The Kier molecular flexibility index (Phi) is 9.89. The van der Waals surface area contributed by atoms with Crippen LogP contribution in [0.1, 0.15) is 81.9 Å². The first-order valence-corrected chi connectivity index (χ1v) is 11.6. The van der Waals surface area contributed by atoms with E-state index in [2.05, 4.69) is 44.2 Å². The first-order valence-electron chi connectivity index (χ1n) is 11.6. The second kappa shape index (κ2) is 12.4. The highest BCUT2D eigenvalue weighted by molar-refractivity contribution is 5.95. The maximum Gasteiger partial charge on any atom is 0.273 e. The smallest absolute Gasteiger partial charge is 0.273 e. The van der Waals surface area contributed by atoms with Crippen molar-refractivity contribution in [2.45, 2.75) is 73.6 Å². The molecular weight excluding hydrogens is 392 g/mol. The van der Waals surface area contributed by atoms with E-state index in [9.17, 15) is 4.79 Å². The quantitative estimate of drug-likeness (QED) is 0.397. The summed E-state index contributed by atoms with van der Waals surface area (Å²) < 4.78 is 17.9. The molecule has 0 radical (unpaired) electrons. The average molecular weight is 431 g/mol. The second-order valence-electron chi connectivity index (χ2n) is 8.30. The minimum absolute atomic E-state index is 0.231. The molecule has 2 aromatic rings. The van der Waals surface area contributed by atoms with Gasteiger partial charge in [0, 0.05) is 18.2 Å². The summed E-state index contributed by atoms with van der Waals surface area (Å²) in [6.45, 7) is 14.2. The van der Waals surface area contributed by atoms with Crippen LogP contribution in [0.2, 0.25) is 0 Å². The number of hydrogen-bond donors (Lipinski definition) is 1. The Morgan fingerprint density at radius 2 is 1.71 bits per heavy atom. The summed E-state index contributed by atoms with van der Waals surface area (Å²) in [5.74, 6) is 2.37. The molecule has 6 nitrogen and oxygen atoms in total. The van der Waals surface area contributed by atoms with Gasteiger partial charge < -0.3 is 19.3 Å². The molecule has 172 valence electrons. The molecule has 0 spiro atoms. The van der Waals surface area contributed by atoms with E-state index in [4.69, 9.17) is 14.0 Å². The van der Waals surface area contributed by atoms with Crippen LogP contribution in [0.5, 0.6) is 11.5 Å². The van der Waals surface area contributed by atoms with Gasteiger partial charge in [-0.3, -0.25) is 4.79 Å². The Hall–Kier alpha value is -2.50. The number of ether oxygens (including phenoxy) is 2. The topological polar surface area (TPSA) is 73.6 Å². The summed E-state index contributed by atoms with van der Waals surface area (Å²) in [6, 6.07) is 4.06. The molecule has 0 atom stereocenters. The number of carbonyl (C=O) groups excluding carboxylic acids is 1. The molecule has 1 aromatic carbocycles. The lowest BCUT2D eigenvalue weighted by atomic mass is 9.97. The summed E-state index contributed by atoms with van der Waals surface area (Å²) in [5.41, 5.74) is 2.95. The Morgan fingerprint density at radius 3 is 2.29 bits per heavy atom. The number of hydrogen-bond acceptors (Lipinski definition) is 5. The van der Waals surface area contributed by atoms with Crippen molar-refractivity contribution in [1.82, 2.24) is 10.5 Å². The number of benzene rings is 1. The lowest BCUT2D eigenvalue weighted by Gasteiger charge is -2.18. The average Bonchev–Trinajstić information content (AvgIpc) is 3.11. The summed E-state index contributed by atoms with van der Waals surface area (Å²) in [4.78, 5) is 12.3. The van der Waals surface area contributed by atoms with Crippen molar-refractivity contribution in [3.63, 3.8) is 0 Å². The van der Waals surface area contributed by atoms with Gasteiger partial charge in [0.1, 0.15) is 11.5 Å². The predicted molar refractivity (Wildman–Crippen MR) is 124 cm³/mol. The van der Waals surface area contributed by atoms with Gasteiger partial charge in [0.25, 0.3) is 5.91 Å². The summed E-state index contributed by atoms with van der Waals surface area (Å²) >= 11 is 0. The molecule has 1 aromatic heterocycles. The molecule has 0 saturated carbocycles. The van der Waals surface area contributed by atoms with Crippen LogP contribution >= 0.6 is 0 Å². The summed E-state index contributed by atoms with van der Waals surface area (Å²) in [7, 11) is 0. The van der Waals surface area contributed by atoms with Crippen molar-refractivity contribution in [3.05, 3.63) is 29.0 Å². The fraction of sp³-hybridized carbons (Fsp3) is 0.600. The van der Waals surface area contributed by atoms with Crippen molar-refractivity contribution in [2.24, 2.45) is 5.92 Å². The third-order valence-corrected chi connectivity index (χ3v) is 5.02. The van der Waals surface area contributed by atoms with Crippen LogP contribution in [0.4, 0.5) is 0 Å². The minimum atomic E-state index is -0.231. The van der Waals surface area contributed by atoms with Gasteiger partial charge in [0.15, 0.2) is 11.5 Å². The monoisotopic (exact) mass is 430 g/mol. The number of amides is 1. The van der Waals surface area contributed by atoms with Gasteiger partial charge in [-0.2, -0.15) is 0 Å². The van der Waals surface area contributed by atoms with Crippen LogP contribution in [0.15, 0.2) is 16.7 Å². The van der Waals surface area contributed by atoms with Gasteiger partial charge in [-0.25, -0.2) is 0 Å². The molecule has 0 unspecified atom stereocenters. The van der Waals surface area contributed by atoms with Crippen molar-refractivity contribution in [1.29, 1.82) is 0 Å². The normalized spacial score (nSPS) is 11.1. The molecule has 0 aliphatic carbocycles. The van der Waals surface area contributed by atoms with Crippen molar-refractivity contribution < 1.29 is 18.8 Å². The van der Waals surface area contributed by atoms with Crippen LogP contribution in [-0.2, 0) is 6.42 Å². The van der Waals surface area contributed by atoms with Crippen LogP contribution in [0, 0.1) is 12.8 Å². The van der Waals surface area contributed by atoms with Crippen LogP contribution < -0.4 is 14.8 Å². The molecule has 0 saturated heterocycles. The van der Waals surface area contributed by atoms with E-state index in [0.717, 1.165) is 49.0 Å². The third-order valence-electron chi connectivity index (χ3n) is 5.02. The SMILES string of the molecule is CCCCOc1cc(OCCCC)c(-c2onc(C(=O)NCC)c2C)cc1CC(C)C. The lowest BCUT2D eigenvalue weighted by Crippen LogP contribution is -2.23. The first-order chi connectivity index (χ1) is 14.9. The van der Waals surface area contributed by atoms with Crippen LogP contribution in [0.3, 0.4) is 0 Å². The van der Waals surface area contributed by atoms with Gasteiger partial charge in [-0.15, -0.1) is 0 Å².